The Morgan fingerprint density at radius 3 is 2.76 bits per heavy atom. The number of anilines is 1. The van der Waals surface area contributed by atoms with E-state index < -0.39 is 0 Å². The van der Waals surface area contributed by atoms with Crippen LogP contribution in [0.4, 0.5) is 5.69 Å². The minimum absolute atomic E-state index is 0.167. The van der Waals surface area contributed by atoms with Crippen molar-refractivity contribution in [3.63, 3.8) is 0 Å². The van der Waals surface area contributed by atoms with Crippen LogP contribution < -0.4 is 4.90 Å². The van der Waals surface area contributed by atoms with Crippen molar-refractivity contribution in [2.75, 3.05) is 11.9 Å². The van der Waals surface area contributed by atoms with Gasteiger partial charge in [-0.3, -0.25) is 9.78 Å². The molecule has 2 aromatic rings. The first-order chi connectivity index (χ1) is 8.18. The zero-order chi connectivity index (χ0) is 12.3. The third-order valence-electron chi connectivity index (χ3n) is 2.27. The van der Waals surface area contributed by atoms with Gasteiger partial charge < -0.3 is 4.90 Å². The Hall–Kier alpha value is -1.75. The molecule has 0 radical (unpaired) electrons. The predicted molar refractivity (Wildman–Crippen MR) is 68.9 cm³/mol. The first kappa shape index (κ1) is 11.7. The fourth-order valence-corrected chi connectivity index (χ4v) is 1.71. The highest BCUT2D eigenvalue weighted by molar-refractivity contribution is 9.10. The van der Waals surface area contributed by atoms with Crippen molar-refractivity contribution in [2.45, 2.75) is 0 Å². The van der Waals surface area contributed by atoms with E-state index >= 15 is 0 Å². The lowest BCUT2D eigenvalue weighted by molar-refractivity contribution is 0.0988. The van der Waals surface area contributed by atoms with Crippen molar-refractivity contribution >= 4 is 27.5 Å². The molecule has 0 unspecified atom stereocenters. The van der Waals surface area contributed by atoms with Gasteiger partial charge in [-0.05, 0) is 40.2 Å². The molecule has 0 N–H and O–H groups in total. The van der Waals surface area contributed by atoms with E-state index in [2.05, 4.69) is 25.9 Å². The summed E-state index contributed by atoms with van der Waals surface area (Å²) < 4.78 is 0.642. The highest BCUT2D eigenvalue weighted by Crippen LogP contribution is 2.14. The molecule has 1 amide bonds. The van der Waals surface area contributed by atoms with Gasteiger partial charge in [0, 0.05) is 13.2 Å². The molecule has 0 saturated carbocycles. The summed E-state index contributed by atoms with van der Waals surface area (Å²) >= 11 is 3.24. The van der Waals surface area contributed by atoms with E-state index in [4.69, 9.17) is 0 Å². The summed E-state index contributed by atoms with van der Waals surface area (Å²) in [6.45, 7) is 0. The maximum absolute atomic E-state index is 12.1. The Morgan fingerprint density at radius 2 is 2.12 bits per heavy atom. The molecule has 0 fully saturated rings. The molecule has 0 spiro atoms. The van der Waals surface area contributed by atoms with Gasteiger partial charge in [0.2, 0.25) is 0 Å². The Labute approximate surface area is 107 Å². The lowest BCUT2D eigenvalue weighted by Crippen LogP contribution is -2.27. The predicted octanol–water partition coefficient (Wildman–Crippen LogP) is 2.52. The van der Waals surface area contributed by atoms with Gasteiger partial charge in [-0.15, -0.1) is 0 Å². The smallest absolute Gasteiger partial charge is 0.276 e. The molecule has 0 aliphatic rings. The van der Waals surface area contributed by atoms with E-state index in [9.17, 15) is 4.79 Å². The summed E-state index contributed by atoms with van der Waals surface area (Å²) in [6.07, 6.45) is 3.30. The largest absolute Gasteiger partial charge is 0.309 e. The molecular formula is C12H10BrN3O. The summed E-state index contributed by atoms with van der Waals surface area (Å²) in [5, 5.41) is 0. The van der Waals surface area contributed by atoms with E-state index in [1.54, 1.807) is 43.7 Å². The van der Waals surface area contributed by atoms with Gasteiger partial charge in [0.25, 0.3) is 5.91 Å². The van der Waals surface area contributed by atoms with E-state index in [-0.39, 0.29) is 5.91 Å². The summed E-state index contributed by atoms with van der Waals surface area (Å²) in [7, 11) is 1.70. The fourth-order valence-electron chi connectivity index (χ4n) is 1.37. The lowest BCUT2D eigenvalue weighted by atomic mass is 10.3. The van der Waals surface area contributed by atoms with Crippen LogP contribution in [0.2, 0.25) is 0 Å². The van der Waals surface area contributed by atoms with Crippen molar-refractivity contribution in [1.29, 1.82) is 0 Å². The van der Waals surface area contributed by atoms with E-state index in [0.717, 1.165) is 5.69 Å². The Bertz CT molecular complexity index is 530. The number of pyridine rings is 2. The third kappa shape index (κ3) is 2.68. The van der Waals surface area contributed by atoms with Crippen molar-refractivity contribution < 1.29 is 4.79 Å². The number of amides is 1. The number of rotatable bonds is 2. The Balaban J connectivity index is 2.27. The molecule has 0 aliphatic heterocycles. The molecule has 5 heteroatoms. The number of hydrogen-bond acceptors (Lipinski definition) is 3. The second kappa shape index (κ2) is 5.05. The zero-order valence-electron chi connectivity index (χ0n) is 9.17. The molecule has 2 aromatic heterocycles. The first-order valence-corrected chi connectivity index (χ1v) is 5.78. The average Bonchev–Trinajstić information content (AvgIpc) is 2.38. The molecule has 0 aliphatic carbocycles. The maximum atomic E-state index is 12.1. The number of aromatic nitrogens is 2. The van der Waals surface area contributed by atoms with Crippen LogP contribution in [0.5, 0.6) is 0 Å². The molecule has 0 aromatic carbocycles. The van der Waals surface area contributed by atoms with Crippen molar-refractivity contribution in [2.24, 2.45) is 0 Å². The van der Waals surface area contributed by atoms with Crippen molar-refractivity contribution in [3.8, 4) is 0 Å². The molecule has 17 heavy (non-hydrogen) atoms. The molecule has 0 saturated heterocycles. The summed E-state index contributed by atoms with van der Waals surface area (Å²) in [4.78, 5) is 21.7. The fraction of sp³-hybridized carbons (Fsp3) is 0.0833. The van der Waals surface area contributed by atoms with Gasteiger partial charge in [-0.2, -0.15) is 0 Å². The zero-order valence-corrected chi connectivity index (χ0v) is 10.8. The third-order valence-corrected chi connectivity index (χ3v) is 2.71. The molecule has 0 atom stereocenters. The molecule has 86 valence electrons. The standard InChI is InChI=1S/C12H10BrN3O/c1-16(9-4-3-7-14-8-9)12(17)10-5-2-6-11(13)15-10/h2-8H,1H3. The highest BCUT2D eigenvalue weighted by Gasteiger charge is 2.14. The Kier molecular flexibility index (Phi) is 3.49. The van der Waals surface area contributed by atoms with E-state index in [1.807, 2.05) is 6.07 Å². The average molecular weight is 292 g/mol. The van der Waals surface area contributed by atoms with E-state index in [1.165, 1.54) is 4.90 Å². The maximum Gasteiger partial charge on any atom is 0.276 e. The highest BCUT2D eigenvalue weighted by atomic mass is 79.9. The lowest BCUT2D eigenvalue weighted by Gasteiger charge is -2.16. The van der Waals surface area contributed by atoms with Gasteiger partial charge >= 0.3 is 0 Å². The first-order valence-electron chi connectivity index (χ1n) is 4.99. The van der Waals surface area contributed by atoms with Gasteiger partial charge in [-0.1, -0.05) is 6.07 Å². The molecule has 2 heterocycles. The number of carbonyl (C=O) groups is 1. The molecule has 0 bridgehead atoms. The van der Waals surface area contributed by atoms with Crippen LogP contribution in [0.25, 0.3) is 0 Å². The van der Waals surface area contributed by atoms with Crippen LogP contribution in [0, 0.1) is 0 Å². The number of nitrogens with zero attached hydrogens (tertiary/aromatic N) is 3. The van der Waals surface area contributed by atoms with Crippen molar-refractivity contribution in [1.82, 2.24) is 9.97 Å². The van der Waals surface area contributed by atoms with Crippen LogP contribution in [0.3, 0.4) is 0 Å². The van der Waals surface area contributed by atoms with Crippen LogP contribution in [0.15, 0.2) is 47.3 Å². The van der Waals surface area contributed by atoms with Crippen LogP contribution in [-0.2, 0) is 0 Å². The van der Waals surface area contributed by atoms with Crippen LogP contribution >= 0.6 is 15.9 Å². The van der Waals surface area contributed by atoms with Crippen LogP contribution in [0.1, 0.15) is 10.5 Å². The minimum atomic E-state index is -0.167. The number of hydrogen-bond donors (Lipinski definition) is 0. The second-order valence-corrected chi connectivity index (χ2v) is 4.23. The topological polar surface area (TPSA) is 46.1 Å². The van der Waals surface area contributed by atoms with Crippen LogP contribution in [-0.4, -0.2) is 22.9 Å². The van der Waals surface area contributed by atoms with Gasteiger partial charge in [0.1, 0.15) is 10.3 Å². The summed E-state index contributed by atoms with van der Waals surface area (Å²) in [5.41, 5.74) is 1.13. The van der Waals surface area contributed by atoms with Gasteiger partial charge in [0.15, 0.2) is 0 Å². The molecule has 2 rings (SSSR count). The molecular weight excluding hydrogens is 282 g/mol. The number of halogens is 1. The summed E-state index contributed by atoms with van der Waals surface area (Å²) in [6, 6.07) is 8.85. The van der Waals surface area contributed by atoms with Gasteiger partial charge in [-0.25, -0.2) is 4.98 Å². The quantitative estimate of drug-likeness (QED) is 0.799. The SMILES string of the molecule is CN(C(=O)c1cccc(Br)n1)c1cccnc1. The monoisotopic (exact) mass is 291 g/mol. The second-order valence-electron chi connectivity index (χ2n) is 3.42. The summed E-state index contributed by atoms with van der Waals surface area (Å²) in [5.74, 6) is -0.167. The Morgan fingerprint density at radius 1 is 1.29 bits per heavy atom. The normalized spacial score (nSPS) is 10.0. The minimum Gasteiger partial charge on any atom is -0.309 e. The van der Waals surface area contributed by atoms with Crippen molar-refractivity contribution in [3.05, 3.63) is 53.0 Å². The van der Waals surface area contributed by atoms with E-state index in [0.29, 0.717) is 10.3 Å². The molecule has 4 nitrogen and oxygen atoms in total. The number of carbonyl (C=O) groups excluding carboxylic acids is 1. The van der Waals surface area contributed by atoms with Gasteiger partial charge in [0.05, 0.1) is 11.9 Å².